The molecule has 4 nitrogen and oxygen atoms in total. The van der Waals surface area contributed by atoms with Gasteiger partial charge in [-0.15, -0.1) is 11.3 Å². The Morgan fingerprint density at radius 1 is 1.38 bits per heavy atom. The van der Waals surface area contributed by atoms with E-state index in [9.17, 15) is 0 Å². The number of hydrogen-bond acceptors (Lipinski definition) is 4. The van der Waals surface area contributed by atoms with Crippen molar-refractivity contribution in [3.63, 3.8) is 0 Å². The number of imidazole rings is 1. The van der Waals surface area contributed by atoms with Crippen LogP contribution in [-0.4, -0.2) is 15.9 Å². The normalized spacial score (nSPS) is 13.0. The Morgan fingerprint density at radius 3 is 3.00 bits per heavy atom. The van der Waals surface area contributed by atoms with E-state index in [-0.39, 0.29) is 6.04 Å². The van der Waals surface area contributed by atoms with Gasteiger partial charge in [0.05, 0.1) is 11.7 Å². The van der Waals surface area contributed by atoms with E-state index >= 15 is 0 Å². The van der Waals surface area contributed by atoms with E-state index in [4.69, 9.17) is 4.42 Å². The van der Waals surface area contributed by atoms with Crippen molar-refractivity contribution in [3.05, 3.63) is 47.1 Å². The molecule has 3 aromatic rings. The second-order valence-electron chi connectivity index (χ2n) is 5.19. The van der Waals surface area contributed by atoms with Gasteiger partial charge in [0.2, 0.25) is 0 Å². The summed E-state index contributed by atoms with van der Waals surface area (Å²) in [6.45, 7) is 5.27. The second kappa shape index (κ2) is 6.45. The van der Waals surface area contributed by atoms with E-state index in [0.717, 1.165) is 48.0 Å². The first-order chi connectivity index (χ1) is 10.3. The lowest BCUT2D eigenvalue weighted by Crippen LogP contribution is -2.23. The Hall–Kier alpha value is -1.59. The fourth-order valence-corrected chi connectivity index (χ4v) is 3.17. The zero-order chi connectivity index (χ0) is 14.7. The largest absolute Gasteiger partial charge is 0.464 e. The topological polar surface area (TPSA) is 42.5 Å². The van der Waals surface area contributed by atoms with Crippen molar-refractivity contribution < 1.29 is 4.42 Å². The number of hydrogen-bond donors (Lipinski definition) is 1. The van der Waals surface area contributed by atoms with Crippen LogP contribution in [0.1, 0.15) is 43.5 Å². The van der Waals surface area contributed by atoms with E-state index in [0.29, 0.717) is 0 Å². The third-order valence-corrected chi connectivity index (χ3v) is 4.34. The molecule has 0 aliphatic heterocycles. The summed E-state index contributed by atoms with van der Waals surface area (Å²) in [6, 6.07) is 4.35. The maximum atomic E-state index is 5.93. The molecule has 0 aliphatic carbocycles. The molecule has 0 saturated heterocycles. The summed E-state index contributed by atoms with van der Waals surface area (Å²) in [6.07, 6.45) is 7.05. The Labute approximate surface area is 128 Å². The minimum absolute atomic E-state index is 0.190. The SMILES string of the molecule is CCCNC(Cc1cn2ccsc2n1)c1ccc(CC)o1. The fraction of sp³-hybridized carbons (Fsp3) is 0.438. The van der Waals surface area contributed by atoms with Crippen molar-refractivity contribution in [2.75, 3.05) is 6.54 Å². The van der Waals surface area contributed by atoms with Gasteiger partial charge in [-0.25, -0.2) is 4.98 Å². The third-order valence-electron chi connectivity index (χ3n) is 3.57. The van der Waals surface area contributed by atoms with Crippen LogP contribution in [-0.2, 0) is 12.8 Å². The third kappa shape index (κ3) is 3.19. The van der Waals surface area contributed by atoms with Crippen molar-refractivity contribution in [1.29, 1.82) is 0 Å². The molecule has 0 radical (unpaired) electrons. The standard InChI is InChI=1S/C16H21N3OS/c1-3-7-17-14(15-6-5-13(4-2)20-15)10-12-11-19-8-9-21-16(19)18-12/h5-6,8-9,11,14,17H,3-4,7,10H2,1-2H3. The summed E-state index contributed by atoms with van der Waals surface area (Å²) < 4.78 is 8.01. The van der Waals surface area contributed by atoms with E-state index < -0.39 is 0 Å². The van der Waals surface area contributed by atoms with Crippen molar-refractivity contribution in [3.8, 4) is 0 Å². The van der Waals surface area contributed by atoms with Crippen LogP contribution < -0.4 is 5.32 Å². The maximum absolute atomic E-state index is 5.93. The van der Waals surface area contributed by atoms with Crippen molar-refractivity contribution >= 4 is 16.3 Å². The van der Waals surface area contributed by atoms with Gasteiger partial charge in [0.15, 0.2) is 4.96 Å². The summed E-state index contributed by atoms with van der Waals surface area (Å²) in [5.41, 5.74) is 1.10. The molecule has 0 fully saturated rings. The maximum Gasteiger partial charge on any atom is 0.193 e. The molecule has 3 aromatic heterocycles. The van der Waals surface area contributed by atoms with Crippen LogP contribution in [0.2, 0.25) is 0 Å². The predicted octanol–water partition coefficient (Wildman–Crippen LogP) is 3.83. The lowest BCUT2D eigenvalue weighted by atomic mass is 10.1. The molecular weight excluding hydrogens is 282 g/mol. The average Bonchev–Trinajstić information content (AvgIpc) is 3.18. The smallest absolute Gasteiger partial charge is 0.193 e. The molecular formula is C16H21N3OS. The average molecular weight is 303 g/mol. The highest BCUT2D eigenvalue weighted by Gasteiger charge is 2.17. The van der Waals surface area contributed by atoms with Crippen LogP contribution in [0, 0.1) is 0 Å². The molecule has 3 heterocycles. The summed E-state index contributed by atoms with van der Waals surface area (Å²) >= 11 is 1.66. The highest BCUT2D eigenvalue weighted by Crippen LogP contribution is 2.22. The molecule has 0 spiro atoms. The Bertz CT molecular complexity index is 669. The number of aryl methyl sites for hydroxylation is 1. The molecule has 5 heteroatoms. The number of furan rings is 1. The molecule has 112 valence electrons. The summed E-state index contributed by atoms with van der Waals surface area (Å²) in [5.74, 6) is 2.05. The minimum Gasteiger partial charge on any atom is -0.464 e. The summed E-state index contributed by atoms with van der Waals surface area (Å²) in [7, 11) is 0. The highest BCUT2D eigenvalue weighted by molar-refractivity contribution is 7.15. The molecule has 0 saturated carbocycles. The van der Waals surface area contributed by atoms with E-state index in [1.807, 2.05) is 6.20 Å². The Balaban J connectivity index is 1.79. The van der Waals surface area contributed by atoms with Crippen molar-refractivity contribution in [1.82, 2.24) is 14.7 Å². The fourth-order valence-electron chi connectivity index (χ4n) is 2.45. The number of thiazole rings is 1. The van der Waals surface area contributed by atoms with Crippen LogP contribution in [0.25, 0.3) is 4.96 Å². The Kier molecular flexibility index (Phi) is 4.41. The van der Waals surface area contributed by atoms with Crippen LogP contribution >= 0.6 is 11.3 Å². The molecule has 1 N–H and O–H groups in total. The number of aromatic nitrogens is 2. The van der Waals surface area contributed by atoms with Crippen LogP contribution in [0.5, 0.6) is 0 Å². The molecule has 1 atom stereocenters. The van der Waals surface area contributed by atoms with Gasteiger partial charge in [-0.1, -0.05) is 13.8 Å². The Morgan fingerprint density at radius 2 is 2.29 bits per heavy atom. The van der Waals surface area contributed by atoms with Gasteiger partial charge >= 0.3 is 0 Å². The van der Waals surface area contributed by atoms with Gasteiger partial charge in [0.25, 0.3) is 0 Å². The zero-order valence-electron chi connectivity index (χ0n) is 12.5. The zero-order valence-corrected chi connectivity index (χ0v) is 13.3. The lowest BCUT2D eigenvalue weighted by molar-refractivity contribution is 0.391. The monoisotopic (exact) mass is 303 g/mol. The van der Waals surface area contributed by atoms with E-state index in [2.05, 4.69) is 52.3 Å². The van der Waals surface area contributed by atoms with Gasteiger partial charge in [-0.2, -0.15) is 0 Å². The molecule has 21 heavy (non-hydrogen) atoms. The molecule has 0 aromatic carbocycles. The molecule has 0 aliphatic rings. The predicted molar refractivity (Wildman–Crippen MR) is 85.9 cm³/mol. The number of nitrogens with one attached hydrogen (secondary N) is 1. The van der Waals surface area contributed by atoms with Gasteiger partial charge in [-0.3, -0.25) is 4.40 Å². The van der Waals surface area contributed by atoms with Gasteiger partial charge < -0.3 is 9.73 Å². The molecule has 0 amide bonds. The van der Waals surface area contributed by atoms with Gasteiger partial charge in [0.1, 0.15) is 11.5 Å². The number of fused-ring (bicyclic) bond motifs is 1. The first-order valence-electron chi connectivity index (χ1n) is 7.53. The number of rotatable bonds is 7. The van der Waals surface area contributed by atoms with Crippen LogP contribution in [0.15, 0.2) is 34.3 Å². The quantitative estimate of drug-likeness (QED) is 0.721. The number of nitrogens with zero attached hydrogens (tertiary/aromatic N) is 2. The first-order valence-corrected chi connectivity index (χ1v) is 8.41. The summed E-state index contributed by atoms with van der Waals surface area (Å²) in [4.78, 5) is 5.72. The summed E-state index contributed by atoms with van der Waals surface area (Å²) in [5, 5.41) is 5.62. The van der Waals surface area contributed by atoms with Gasteiger partial charge in [0, 0.05) is 30.6 Å². The van der Waals surface area contributed by atoms with E-state index in [1.54, 1.807) is 11.3 Å². The molecule has 3 rings (SSSR count). The second-order valence-corrected chi connectivity index (χ2v) is 6.07. The lowest BCUT2D eigenvalue weighted by Gasteiger charge is -2.15. The molecule has 0 bridgehead atoms. The minimum atomic E-state index is 0.190. The van der Waals surface area contributed by atoms with Crippen LogP contribution in [0.4, 0.5) is 0 Å². The van der Waals surface area contributed by atoms with Crippen molar-refractivity contribution in [2.24, 2.45) is 0 Å². The van der Waals surface area contributed by atoms with Crippen molar-refractivity contribution in [2.45, 2.75) is 39.2 Å². The highest BCUT2D eigenvalue weighted by atomic mass is 32.1. The van der Waals surface area contributed by atoms with E-state index in [1.165, 1.54) is 0 Å². The first kappa shape index (κ1) is 14.4. The van der Waals surface area contributed by atoms with Crippen LogP contribution in [0.3, 0.4) is 0 Å². The molecule has 1 unspecified atom stereocenters. The van der Waals surface area contributed by atoms with Gasteiger partial charge in [-0.05, 0) is 25.1 Å².